The van der Waals surface area contributed by atoms with Crippen molar-refractivity contribution in [1.82, 2.24) is 4.90 Å². The van der Waals surface area contributed by atoms with Gasteiger partial charge in [-0.25, -0.2) is 0 Å². The lowest BCUT2D eigenvalue weighted by Gasteiger charge is -2.50. The average molecular weight is 184 g/mol. The van der Waals surface area contributed by atoms with E-state index in [1.54, 1.807) is 0 Å². The highest BCUT2D eigenvalue weighted by Gasteiger charge is 2.41. The van der Waals surface area contributed by atoms with E-state index in [1.165, 1.54) is 0 Å². The van der Waals surface area contributed by atoms with Crippen LogP contribution < -0.4 is 0 Å². The van der Waals surface area contributed by atoms with Gasteiger partial charge in [0.1, 0.15) is 0 Å². The fraction of sp³-hybridized carbons (Fsp3) is 0.900. The smallest absolute Gasteiger partial charge is 0.0607 e. The molecule has 0 saturated carbocycles. The van der Waals surface area contributed by atoms with E-state index in [2.05, 4.69) is 44.8 Å². The summed E-state index contributed by atoms with van der Waals surface area (Å²) in [5, 5.41) is 12.2. The van der Waals surface area contributed by atoms with Crippen molar-refractivity contribution < 1.29 is 5.21 Å². The Morgan fingerprint density at radius 3 is 1.85 bits per heavy atom. The Labute approximate surface area is 80.4 Å². The van der Waals surface area contributed by atoms with Gasteiger partial charge in [0.15, 0.2) is 0 Å². The van der Waals surface area contributed by atoms with Crippen LogP contribution in [0.5, 0.6) is 0 Å². The lowest BCUT2D eigenvalue weighted by atomic mass is 9.79. The lowest BCUT2D eigenvalue weighted by Crippen LogP contribution is -2.58. The van der Waals surface area contributed by atoms with Crippen LogP contribution in [0.1, 0.15) is 40.5 Å². The maximum atomic E-state index is 8.81. The van der Waals surface area contributed by atoms with Crippen LogP contribution in [0.15, 0.2) is 5.16 Å². The Bertz CT molecular complexity index is 211. The van der Waals surface area contributed by atoms with Crippen molar-refractivity contribution in [3.63, 3.8) is 0 Å². The number of piperidine rings is 1. The number of nitrogens with zero attached hydrogens (tertiary/aromatic N) is 2. The first-order chi connectivity index (χ1) is 5.79. The van der Waals surface area contributed by atoms with Crippen molar-refractivity contribution in [2.24, 2.45) is 5.16 Å². The first kappa shape index (κ1) is 10.5. The van der Waals surface area contributed by atoms with Crippen LogP contribution in [-0.2, 0) is 0 Å². The van der Waals surface area contributed by atoms with E-state index in [-0.39, 0.29) is 11.1 Å². The van der Waals surface area contributed by atoms with E-state index in [0.717, 1.165) is 18.6 Å². The first-order valence-corrected chi connectivity index (χ1v) is 4.73. The van der Waals surface area contributed by atoms with Crippen LogP contribution in [0.3, 0.4) is 0 Å². The lowest BCUT2D eigenvalue weighted by molar-refractivity contribution is 0.0364. The molecule has 76 valence electrons. The summed E-state index contributed by atoms with van der Waals surface area (Å²) >= 11 is 0. The highest BCUT2D eigenvalue weighted by molar-refractivity contribution is 5.86. The van der Waals surface area contributed by atoms with Gasteiger partial charge in [-0.15, -0.1) is 0 Å². The maximum absolute atomic E-state index is 8.81. The summed E-state index contributed by atoms with van der Waals surface area (Å²) in [6, 6.07) is 0. The second-order valence-corrected chi connectivity index (χ2v) is 5.20. The van der Waals surface area contributed by atoms with Crippen molar-refractivity contribution in [3.8, 4) is 0 Å². The van der Waals surface area contributed by atoms with Gasteiger partial charge in [0.2, 0.25) is 0 Å². The summed E-state index contributed by atoms with van der Waals surface area (Å²) in [6.45, 7) is 8.72. The molecular formula is C10H20N2O. The van der Waals surface area contributed by atoms with Gasteiger partial charge in [0, 0.05) is 23.9 Å². The highest BCUT2D eigenvalue weighted by Crippen LogP contribution is 2.35. The third-order valence-corrected chi connectivity index (χ3v) is 3.23. The zero-order valence-corrected chi connectivity index (χ0v) is 9.26. The van der Waals surface area contributed by atoms with E-state index in [0.29, 0.717) is 0 Å². The second-order valence-electron chi connectivity index (χ2n) is 5.20. The van der Waals surface area contributed by atoms with Crippen LogP contribution in [0.4, 0.5) is 0 Å². The molecule has 0 aromatic heterocycles. The Kier molecular flexibility index (Phi) is 2.41. The largest absolute Gasteiger partial charge is 0.411 e. The van der Waals surface area contributed by atoms with Gasteiger partial charge in [-0.2, -0.15) is 0 Å². The molecule has 0 atom stereocenters. The molecule has 3 nitrogen and oxygen atoms in total. The number of likely N-dealkylation sites (tertiary alicyclic amines) is 1. The van der Waals surface area contributed by atoms with Gasteiger partial charge in [0.05, 0.1) is 5.71 Å². The fourth-order valence-corrected chi connectivity index (χ4v) is 2.19. The van der Waals surface area contributed by atoms with E-state index >= 15 is 0 Å². The van der Waals surface area contributed by atoms with Gasteiger partial charge < -0.3 is 5.21 Å². The van der Waals surface area contributed by atoms with Crippen LogP contribution in [0.25, 0.3) is 0 Å². The Balaban J connectivity index is 2.95. The van der Waals surface area contributed by atoms with Crippen LogP contribution in [0, 0.1) is 0 Å². The van der Waals surface area contributed by atoms with Crippen molar-refractivity contribution in [2.75, 3.05) is 7.05 Å². The number of oxime groups is 1. The van der Waals surface area contributed by atoms with Gasteiger partial charge in [0.25, 0.3) is 0 Å². The molecule has 1 N–H and O–H groups in total. The fourth-order valence-electron chi connectivity index (χ4n) is 2.19. The maximum Gasteiger partial charge on any atom is 0.0607 e. The number of rotatable bonds is 0. The second kappa shape index (κ2) is 2.98. The van der Waals surface area contributed by atoms with E-state index in [9.17, 15) is 0 Å². The molecule has 0 aromatic carbocycles. The normalized spacial score (nSPS) is 27.3. The zero-order valence-electron chi connectivity index (χ0n) is 9.26. The van der Waals surface area contributed by atoms with E-state index in [1.807, 2.05) is 0 Å². The number of hydrogen-bond donors (Lipinski definition) is 1. The first-order valence-electron chi connectivity index (χ1n) is 4.73. The summed E-state index contributed by atoms with van der Waals surface area (Å²) < 4.78 is 0. The van der Waals surface area contributed by atoms with Crippen LogP contribution in [-0.4, -0.2) is 33.9 Å². The molecule has 0 spiro atoms. The summed E-state index contributed by atoms with van der Waals surface area (Å²) in [6.07, 6.45) is 1.70. The Morgan fingerprint density at radius 1 is 1.15 bits per heavy atom. The molecule has 0 aromatic rings. The van der Waals surface area contributed by atoms with Crippen LogP contribution in [0.2, 0.25) is 0 Å². The minimum absolute atomic E-state index is 0.0866. The van der Waals surface area contributed by atoms with Crippen molar-refractivity contribution in [3.05, 3.63) is 0 Å². The van der Waals surface area contributed by atoms with Crippen LogP contribution >= 0.6 is 0 Å². The van der Waals surface area contributed by atoms with Crippen molar-refractivity contribution in [2.45, 2.75) is 51.6 Å². The minimum atomic E-state index is 0.0866. The Morgan fingerprint density at radius 2 is 1.54 bits per heavy atom. The van der Waals surface area contributed by atoms with Crippen molar-refractivity contribution in [1.29, 1.82) is 0 Å². The summed E-state index contributed by atoms with van der Waals surface area (Å²) in [5.41, 5.74) is 1.08. The highest BCUT2D eigenvalue weighted by atomic mass is 16.4. The van der Waals surface area contributed by atoms with Gasteiger partial charge in [-0.05, 0) is 34.7 Å². The molecule has 0 bridgehead atoms. The average Bonchev–Trinajstić information content (AvgIpc) is 1.99. The quantitative estimate of drug-likeness (QED) is 0.462. The molecule has 1 fully saturated rings. The molecular weight excluding hydrogens is 164 g/mol. The predicted molar refractivity (Wildman–Crippen MR) is 54.4 cm³/mol. The van der Waals surface area contributed by atoms with E-state index < -0.39 is 0 Å². The zero-order chi connectivity index (χ0) is 10.3. The molecule has 1 saturated heterocycles. The van der Waals surface area contributed by atoms with E-state index in [4.69, 9.17) is 5.21 Å². The molecule has 1 rings (SSSR count). The molecule has 0 unspecified atom stereocenters. The summed E-state index contributed by atoms with van der Waals surface area (Å²) in [5.74, 6) is 0. The molecule has 1 aliphatic rings. The van der Waals surface area contributed by atoms with Gasteiger partial charge in [-0.1, -0.05) is 5.16 Å². The standard InChI is InChI=1S/C10H20N2O/c1-9(2)6-8(11-13)7-10(3,4)12(9)5/h13H,6-7H2,1-5H3. The third-order valence-electron chi connectivity index (χ3n) is 3.23. The van der Waals surface area contributed by atoms with Gasteiger partial charge >= 0.3 is 0 Å². The molecule has 0 radical (unpaired) electrons. The minimum Gasteiger partial charge on any atom is -0.411 e. The molecule has 0 amide bonds. The summed E-state index contributed by atoms with van der Waals surface area (Å²) in [7, 11) is 2.13. The van der Waals surface area contributed by atoms with Gasteiger partial charge in [-0.3, -0.25) is 4.90 Å². The topological polar surface area (TPSA) is 35.8 Å². The summed E-state index contributed by atoms with van der Waals surface area (Å²) in [4.78, 5) is 2.36. The monoisotopic (exact) mass is 184 g/mol. The molecule has 1 heterocycles. The molecule has 0 aliphatic carbocycles. The van der Waals surface area contributed by atoms with Crippen molar-refractivity contribution >= 4 is 5.71 Å². The predicted octanol–water partition coefficient (Wildman–Crippen LogP) is 2.10. The molecule has 1 aliphatic heterocycles. The SMILES string of the molecule is CN1C(C)(C)CC(=NO)CC1(C)C. The number of hydrogen-bond acceptors (Lipinski definition) is 3. The Hall–Kier alpha value is -0.570. The third kappa shape index (κ3) is 1.85. The molecule has 13 heavy (non-hydrogen) atoms. The molecule has 3 heteroatoms.